The van der Waals surface area contributed by atoms with Gasteiger partial charge in [-0.3, -0.25) is 0 Å². The Bertz CT molecular complexity index is 354. The van der Waals surface area contributed by atoms with Gasteiger partial charge in [0.25, 0.3) is 0 Å². The Balaban J connectivity index is 4.72. The van der Waals surface area contributed by atoms with Crippen LogP contribution in [-0.4, -0.2) is 24.6 Å². The van der Waals surface area contributed by atoms with Crippen molar-refractivity contribution in [2.75, 3.05) is 24.6 Å². The Kier molecular flexibility index (Phi) is 31.1. The minimum atomic E-state index is -1.06. The second kappa shape index (κ2) is 30.4. The van der Waals surface area contributed by atoms with Crippen molar-refractivity contribution in [3.8, 4) is 0 Å². The fraction of sp³-hybridized carbons (Fsp3) is 1.00. The molecule has 36 heavy (non-hydrogen) atoms. The summed E-state index contributed by atoms with van der Waals surface area (Å²) in [7, 11) is 1.38. The van der Waals surface area contributed by atoms with Crippen molar-refractivity contribution >= 4 is 15.2 Å². The summed E-state index contributed by atoms with van der Waals surface area (Å²) in [5, 5.41) is 0. The van der Waals surface area contributed by atoms with Crippen LogP contribution < -0.4 is 0 Å². The first-order valence-corrected chi connectivity index (χ1v) is 22.3. The van der Waals surface area contributed by atoms with E-state index >= 15 is 0 Å². The van der Waals surface area contributed by atoms with E-state index in [0.29, 0.717) is 0 Å². The van der Waals surface area contributed by atoms with Crippen LogP contribution in [0.2, 0.25) is 0 Å². The van der Waals surface area contributed by atoms with Crippen LogP contribution in [-0.2, 0) is 0 Å². The number of unbranched alkanes of at least 4 members (excludes halogenated alkanes) is 22. The number of hydrogen-bond donors (Lipinski definition) is 0. The summed E-state index contributed by atoms with van der Waals surface area (Å²) < 4.78 is 0. The van der Waals surface area contributed by atoms with Crippen molar-refractivity contribution in [1.82, 2.24) is 0 Å². The van der Waals surface area contributed by atoms with E-state index in [0.717, 1.165) is 0 Å². The van der Waals surface area contributed by atoms with E-state index in [1.807, 2.05) is 0 Å². The molecular weight excluding hydrogens is 470 g/mol. The van der Waals surface area contributed by atoms with Gasteiger partial charge in [0.05, 0.1) is 0 Å². The van der Waals surface area contributed by atoms with Gasteiger partial charge in [0.2, 0.25) is 0 Å². The van der Waals surface area contributed by atoms with Crippen LogP contribution >= 0.6 is 15.2 Å². The van der Waals surface area contributed by atoms with Crippen LogP contribution in [0.3, 0.4) is 0 Å². The molecule has 0 aliphatic heterocycles. The quantitative estimate of drug-likeness (QED) is 0.0601. The normalized spacial score (nSPS) is 12.8. The monoisotopic (exact) mass is 545 g/mol. The summed E-state index contributed by atoms with van der Waals surface area (Å²) >= 11 is 0. The predicted octanol–water partition coefficient (Wildman–Crippen LogP) is 13.6. The van der Waals surface area contributed by atoms with Gasteiger partial charge in [-0.25, -0.2) is 0 Å². The zero-order chi connectivity index (χ0) is 26.4. The molecule has 1 atom stereocenters. The van der Waals surface area contributed by atoms with Crippen LogP contribution in [0.5, 0.6) is 0 Å². The third-order valence-electron chi connectivity index (χ3n) is 8.56. The molecule has 0 aromatic carbocycles. The van der Waals surface area contributed by atoms with Gasteiger partial charge in [0.1, 0.15) is 0 Å². The Morgan fingerprint density at radius 1 is 0.306 bits per heavy atom. The molecule has 0 saturated heterocycles. The summed E-state index contributed by atoms with van der Waals surface area (Å²) in [4.78, 5) is 0. The fourth-order valence-corrected chi connectivity index (χ4v) is 16.3. The molecule has 0 aromatic heterocycles. The van der Waals surface area contributed by atoms with Gasteiger partial charge < -0.3 is 0 Å². The second-order valence-corrected chi connectivity index (χ2v) is 21.4. The van der Waals surface area contributed by atoms with Crippen LogP contribution in [0, 0.1) is 0 Å². The molecular formula is C34H74P2. The van der Waals surface area contributed by atoms with Crippen molar-refractivity contribution in [3.05, 3.63) is 0 Å². The van der Waals surface area contributed by atoms with E-state index in [1.165, 1.54) is 150 Å². The first kappa shape index (κ1) is 36.9. The average molecular weight is 545 g/mol. The Morgan fingerprint density at radius 3 is 0.861 bits per heavy atom. The molecule has 0 aromatic rings. The van der Waals surface area contributed by atoms with Crippen molar-refractivity contribution < 1.29 is 0 Å². The molecule has 0 aliphatic rings. The van der Waals surface area contributed by atoms with Crippen molar-refractivity contribution in [3.63, 3.8) is 0 Å². The van der Waals surface area contributed by atoms with E-state index in [2.05, 4.69) is 27.7 Å². The van der Waals surface area contributed by atoms with Crippen LogP contribution in [0.15, 0.2) is 0 Å². The van der Waals surface area contributed by atoms with Crippen LogP contribution in [0.1, 0.15) is 195 Å². The number of rotatable bonds is 31. The standard InChI is InChI=1S/C34H74P2/c1-5-9-13-17-21-22-23-27-31-35-36(32-28-24-18-14-10-6-2,33-29-25-19-15-11-7-3)34-30-26-20-16-12-8-4/h35-36H,5-34H2,1-4H3. The Morgan fingerprint density at radius 2 is 0.556 bits per heavy atom. The zero-order valence-electron chi connectivity index (χ0n) is 26.2. The van der Waals surface area contributed by atoms with Crippen molar-refractivity contribution in [2.24, 2.45) is 0 Å². The topological polar surface area (TPSA) is 0 Å². The molecule has 1 unspecified atom stereocenters. The van der Waals surface area contributed by atoms with Crippen molar-refractivity contribution in [2.45, 2.75) is 195 Å². The van der Waals surface area contributed by atoms with E-state index in [9.17, 15) is 0 Å². The molecule has 0 rings (SSSR count). The van der Waals surface area contributed by atoms with E-state index in [4.69, 9.17) is 0 Å². The SMILES string of the molecule is CCCCCCCCCCP[PH](CCCCCCCC)(CCCCCCCC)CCCCCCCC. The third kappa shape index (κ3) is 25.2. The summed E-state index contributed by atoms with van der Waals surface area (Å²) in [6.07, 6.45) is 45.4. The maximum atomic E-state index is 2.35. The molecule has 0 aliphatic carbocycles. The molecule has 0 fully saturated rings. The van der Waals surface area contributed by atoms with Gasteiger partial charge in [-0.05, 0) is 0 Å². The van der Waals surface area contributed by atoms with Gasteiger partial charge in [-0.2, -0.15) is 0 Å². The minimum absolute atomic E-state index is 1.06. The molecule has 2 heteroatoms. The second-order valence-electron chi connectivity index (χ2n) is 12.2. The Labute approximate surface area is 234 Å². The molecule has 0 bridgehead atoms. The summed E-state index contributed by atoms with van der Waals surface area (Å²) in [5.74, 6) is 0. The average Bonchev–Trinajstić information content (AvgIpc) is 2.89. The van der Waals surface area contributed by atoms with Gasteiger partial charge >= 0.3 is 235 Å². The van der Waals surface area contributed by atoms with Crippen LogP contribution in [0.4, 0.5) is 0 Å². The summed E-state index contributed by atoms with van der Waals surface area (Å²) in [6.45, 7) is 8.33. The third-order valence-corrected chi connectivity index (χ3v) is 19.1. The Hall–Kier alpha value is 0.860. The zero-order valence-corrected chi connectivity index (χ0v) is 28.2. The first-order valence-electron chi connectivity index (χ1n) is 17.5. The van der Waals surface area contributed by atoms with Crippen molar-refractivity contribution in [1.29, 1.82) is 0 Å². The molecule has 0 N–H and O–H groups in total. The molecule has 0 nitrogen and oxygen atoms in total. The van der Waals surface area contributed by atoms with E-state index < -0.39 is 6.95 Å². The molecule has 0 heterocycles. The fourth-order valence-electron chi connectivity index (χ4n) is 5.98. The first-order chi connectivity index (χ1) is 17.7. The molecule has 0 saturated carbocycles. The maximum absolute atomic E-state index is 2.35. The van der Waals surface area contributed by atoms with Gasteiger partial charge in [0.15, 0.2) is 0 Å². The summed E-state index contributed by atoms with van der Waals surface area (Å²) in [6, 6.07) is 0. The van der Waals surface area contributed by atoms with Gasteiger partial charge in [-0.15, -0.1) is 0 Å². The predicted molar refractivity (Wildman–Crippen MR) is 179 cm³/mol. The molecule has 0 radical (unpaired) electrons. The molecule has 220 valence electrons. The number of hydrogen-bond acceptors (Lipinski definition) is 0. The molecule has 0 spiro atoms. The van der Waals surface area contributed by atoms with Gasteiger partial charge in [-0.1, -0.05) is 0 Å². The van der Waals surface area contributed by atoms with E-state index in [1.54, 1.807) is 50.3 Å². The van der Waals surface area contributed by atoms with E-state index in [-0.39, 0.29) is 0 Å². The molecule has 0 amide bonds. The summed E-state index contributed by atoms with van der Waals surface area (Å²) in [5.41, 5.74) is 0. The van der Waals surface area contributed by atoms with Crippen LogP contribution in [0.25, 0.3) is 0 Å². The van der Waals surface area contributed by atoms with Gasteiger partial charge in [0, 0.05) is 0 Å².